The zero-order chi connectivity index (χ0) is 9.10. The summed E-state index contributed by atoms with van der Waals surface area (Å²) in [4.78, 5) is 0. The molecule has 1 aliphatic rings. The van der Waals surface area contributed by atoms with Crippen molar-refractivity contribution >= 4 is 17.5 Å². The van der Waals surface area contributed by atoms with E-state index in [9.17, 15) is 0 Å². The van der Waals surface area contributed by atoms with Gasteiger partial charge in [0.05, 0.1) is 0 Å². The highest BCUT2D eigenvalue weighted by atomic mass is 32.2. The molecule has 1 aliphatic heterocycles. The van der Waals surface area contributed by atoms with Crippen LogP contribution < -0.4 is 4.72 Å². The third-order valence-electron chi connectivity index (χ3n) is 2.04. The van der Waals surface area contributed by atoms with Gasteiger partial charge in [-0.05, 0) is 47.1 Å². The Morgan fingerprint density at radius 3 is 2.77 bits per heavy atom. The third-order valence-corrected chi connectivity index (χ3v) is 2.68. The monoisotopic (exact) mass is 189 g/mol. The van der Waals surface area contributed by atoms with Crippen LogP contribution in [0.2, 0.25) is 0 Å². The molecule has 0 fully saturated rings. The summed E-state index contributed by atoms with van der Waals surface area (Å²) in [6.45, 7) is 2.14. The predicted molar refractivity (Wildman–Crippen MR) is 59.0 cm³/mol. The van der Waals surface area contributed by atoms with Crippen LogP contribution in [0.1, 0.15) is 11.1 Å². The SMILES string of the molecule is Cc1ccccc1C1=CSNC=C1. The zero-order valence-corrected chi connectivity index (χ0v) is 8.27. The van der Waals surface area contributed by atoms with Crippen LogP contribution in [0, 0.1) is 6.92 Å². The van der Waals surface area contributed by atoms with Crippen molar-refractivity contribution in [2.75, 3.05) is 0 Å². The molecule has 0 saturated carbocycles. The Balaban J connectivity index is 2.40. The van der Waals surface area contributed by atoms with Gasteiger partial charge in [-0.15, -0.1) is 0 Å². The zero-order valence-electron chi connectivity index (χ0n) is 7.45. The second kappa shape index (κ2) is 3.71. The van der Waals surface area contributed by atoms with Crippen molar-refractivity contribution in [3.8, 4) is 0 Å². The largest absolute Gasteiger partial charge is 0.333 e. The Morgan fingerprint density at radius 2 is 2.08 bits per heavy atom. The van der Waals surface area contributed by atoms with Crippen LogP contribution in [-0.2, 0) is 0 Å². The summed E-state index contributed by atoms with van der Waals surface area (Å²) < 4.78 is 3.06. The first-order chi connectivity index (χ1) is 6.38. The highest BCUT2D eigenvalue weighted by Gasteiger charge is 2.02. The number of rotatable bonds is 1. The van der Waals surface area contributed by atoms with Gasteiger partial charge in [-0.2, -0.15) is 0 Å². The minimum Gasteiger partial charge on any atom is -0.333 e. The Bertz CT molecular complexity index is 366. The molecule has 0 aliphatic carbocycles. The van der Waals surface area contributed by atoms with Crippen molar-refractivity contribution in [1.82, 2.24) is 4.72 Å². The summed E-state index contributed by atoms with van der Waals surface area (Å²) in [5.41, 5.74) is 3.91. The van der Waals surface area contributed by atoms with E-state index < -0.39 is 0 Å². The first kappa shape index (κ1) is 8.45. The average Bonchev–Trinajstić information content (AvgIpc) is 2.20. The molecule has 0 bridgehead atoms. The lowest BCUT2D eigenvalue weighted by molar-refractivity contribution is 1.39. The fourth-order valence-electron chi connectivity index (χ4n) is 1.35. The summed E-state index contributed by atoms with van der Waals surface area (Å²) in [5, 5.41) is 2.13. The molecule has 0 atom stereocenters. The molecule has 0 unspecified atom stereocenters. The molecule has 1 aromatic rings. The maximum absolute atomic E-state index is 3.06. The van der Waals surface area contributed by atoms with E-state index >= 15 is 0 Å². The fraction of sp³-hybridized carbons (Fsp3) is 0.0909. The van der Waals surface area contributed by atoms with Crippen molar-refractivity contribution in [2.45, 2.75) is 6.92 Å². The minimum absolute atomic E-state index is 1.28. The highest BCUT2D eigenvalue weighted by molar-refractivity contribution is 8.00. The second-order valence-electron chi connectivity index (χ2n) is 2.96. The number of hydrogen-bond acceptors (Lipinski definition) is 2. The molecule has 13 heavy (non-hydrogen) atoms. The predicted octanol–water partition coefficient (Wildman–Crippen LogP) is 3.10. The summed E-state index contributed by atoms with van der Waals surface area (Å²) in [5.74, 6) is 0. The van der Waals surface area contributed by atoms with Gasteiger partial charge in [0, 0.05) is 6.20 Å². The Labute approximate surface area is 82.7 Å². The number of allylic oxidation sites excluding steroid dienone is 2. The number of aryl methyl sites for hydroxylation is 1. The lowest BCUT2D eigenvalue weighted by Gasteiger charge is -2.09. The van der Waals surface area contributed by atoms with Gasteiger partial charge < -0.3 is 4.72 Å². The molecule has 0 aromatic heterocycles. The van der Waals surface area contributed by atoms with Crippen LogP contribution in [0.25, 0.3) is 5.57 Å². The quantitative estimate of drug-likeness (QED) is 0.681. The van der Waals surface area contributed by atoms with E-state index in [0.717, 1.165) is 0 Å². The molecule has 1 nitrogen and oxygen atoms in total. The van der Waals surface area contributed by atoms with E-state index in [1.165, 1.54) is 16.7 Å². The topological polar surface area (TPSA) is 12.0 Å². The van der Waals surface area contributed by atoms with Crippen molar-refractivity contribution in [3.63, 3.8) is 0 Å². The maximum atomic E-state index is 3.06. The van der Waals surface area contributed by atoms with E-state index in [1.54, 1.807) is 11.9 Å². The van der Waals surface area contributed by atoms with Crippen LogP contribution in [0.5, 0.6) is 0 Å². The molecule has 0 amide bonds. The van der Waals surface area contributed by atoms with E-state index in [2.05, 4.69) is 47.4 Å². The van der Waals surface area contributed by atoms with Crippen molar-refractivity contribution in [1.29, 1.82) is 0 Å². The van der Waals surface area contributed by atoms with Crippen LogP contribution in [0.4, 0.5) is 0 Å². The number of benzene rings is 1. The van der Waals surface area contributed by atoms with Crippen molar-refractivity contribution in [2.24, 2.45) is 0 Å². The van der Waals surface area contributed by atoms with Crippen LogP contribution >= 0.6 is 11.9 Å². The molecule has 2 rings (SSSR count). The standard InChI is InChI=1S/C11H11NS/c1-9-4-2-3-5-11(9)10-6-7-12-13-8-10/h2-8,12H,1H3. The van der Waals surface area contributed by atoms with E-state index in [0.29, 0.717) is 0 Å². The lowest BCUT2D eigenvalue weighted by atomic mass is 10.0. The van der Waals surface area contributed by atoms with Gasteiger partial charge >= 0.3 is 0 Å². The Morgan fingerprint density at radius 1 is 1.23 bits per heavy atom. The smallest absolute Gasteiger partial charge is 0.00818 e. The van der Waals surface area contributed by atoms with Crippen molar-refractivity contribution < 1.29 is 0 Å². The fourth-order valence-corrected chi connectivity index (χ4v) is 1.90. The van der Waals surface area contributed by atoms with Gasteiger partial charge in [-0.25, -0.2) is 0 Å². The third kappa shape index (κ3) is 1.78. The lowest BCUT2D eigenvalue weighted by Crippen LogP contribution is -1.95. The van der Waals surface area contributed by atoms with Crippen LogP contribution in [0.3, 0.4) is 0 Å². The highest BCUT2D eigenvalue weighted by Crippen LogP contribution is 2.24. The van der Waals surface area contributed by atoms with Gasteiger partial charge in [0.15, 0.2) is 0 Å². The Kier molecular flexibility index (Phi) is 2.41. The van der Waals surface area contributed by atoms with E-state index in [4.69, 9.17) is 0 Å². The number of nitrogens with one attached hydrogen (secondary N) is 1. The first-order valence-corrected chi connectivity index (χ1v) is 5.10. The van der Waals surface area contributed by atoms with Gasteiger partial charge in [-0.3, -0.25) is 0 Å². The second-order valence-corrected chi connectivity index (χ2v) is 3.66. The maximum Gasteiger partial charge on any atom is 0.00818 e. The number of hydrogen-bond donors (Lipinski definition) is 1. The van der Waals surface area contributed by atoms with Crippen LogP contribution in [0.15, 0.2) is 41.9 Å². The van der Waals surface area contributed by atoms with Gasteiger partial charge in [0.25, 0.3) is 0 Å². The molecule has 0 radical (unpaired) electrons. The summed E-state index contributed by atoms with van der Waals surface area (Å²) in [6, 6.07) is 8.43. The normalized spacial score (nSPS) is 15.0. The molecule has 0 spiro atoms. The average molecular weight is 189 g/mol. The van der Waals surface area contributed by atoms with Gasteiger partial charge in [0.2, 0.25) is 0 Å². The van der Waals surface area contributed by atoms with E-state index in [-0.39, 0.29) is 0 Å². The summed E-state index contributed by atoms with van der Waals surface area (Å²) in [7, 11) is 0. The molecular formula is C11H11NS. The molecule has 1 N–H and O–H groups in total. The van der Waals surface area contributed by atoms with Crippen molar-refractivity contribution in [3.05, 3.63) is 53.1 Å². The molecular weight excluding hydrogens is 178 g/mol. The van der Waals surface area contributed by atoms with E-state index in [1.807, 2.05) is 6.20 Å². The molecule has 0 saturated heterocycles. The molecule has 66 valence electrons. The molecule has 2 heteroatoms. The van der Waals surface area contributed by atoms with Gasteiger partial charge in [-0.1, -0.05) is 24.3 Å². The summed E-state index contributed by atoms with van der Waals surface area (Å²) >= 11 is 1.61. The van der Waals surface area contributed by atoms with Gasteiger partial charge in [0.1, 0.15) is 0 Å². The van der Waals surface area contributed by atoms with Crippen LogP contribution in [-0.4, -0.2) is 0 Å². The first-order valence-electron chi connectivity index (χ1n) is 4.22. The molecule has 1 aromatic carbocycles. The molecule has 1 heterocycles. The Hall–Kier alpha value is -1.15. The summed E-state index contributed by atoms with van der Waals surface area (Å²) in [6.07, 6.45) is 4.06. The minimum atomic E-state index is 1.28.